The molecule has 5 nitrogen and oxygen atoms in total. The molecular weight excluding hydrogens is 286 g/mol. The topological polar surface area (TPSA) is 58.4 Å². The summed E-state index contributed by atoms with van der Waals surface area (Å²) in [5.74, 6) is 1.07. The van der Waals surface area contributed by atoms with E-state index in [0.29, 0.717) is 18.3 Å². The third kappa shape index (κ3) is 5.21. The maximum atomic E-state index is 11.2. The predicted octanol–water partition coefficient (Wildman–Crippen LogP) is 3.60. The Labute approximate surface area is 131 Å². The molecule has 0 heterocycles. The van der Waals surface area contributed by atoms with Gasteiger partial charge in [0.05, 0.1) is 4.92 Å². The molecule has 0 bridgehead atoms. The number of nitrogens with zero attached hydrogens (tertiary/aromatic N) is 2. The molecular formula is C15H25N3O2S. The first-order valence-electron chi connectivity index (χ1n) is 7.23. The fourth-order valence-corrected chi connectivity index (χ4v) is 3.21. The molecule has 0 aliphatic rings. The summed E-state index contributed by atoms with van der Waals surface area (Å²) >= 11 is 1.83. The highest BCUT2D eigenvalue weighted by Gasteiger charge is 2.17. The molecule has 0 aliphatic carbocycles. The van der Waals surface area contributed by atoms with Crippen molar-refractivity contribution in [2.75, 3.05) is 30.9 Å². The summed E-state index contributed by atoms with van der Waals surface area (Å²) < 4.78 is 0. The van der Waals surface area contributed by atoms with Crippen LogP contribution < -0.4 is 5.32 Å². The molecule has 0 spiro atoms. The summed E-state index contributed by atoms with van der Waals surface area (Å²) in [4.78, 5) is 13.1. The standard InChI is InChI=1S/C15H25N3O2S/c1-5-13(11-21-4)17(3)10-12-7-8-14(16-6-2)15(9-12)18(19)20/h7-9,13,16H,5-6,10-11H2,1-4H3. The van der Waals surface area contributed by atoms with E-state index < -0.39 is 0 Å². The molecule has 1 aromatic carbocycles. The number of benzene rings is 1. The van der Waals surface area contributed by atoms with Crippen LogP contribution in [0.15, 0.2) is 18.2 Å². The van der Waals surface area contributed by atoms with Crippen molar-refractivity contribution in [1.29, 1.82) is 0 Å². The van der Waals surface area contributed by atoms with Gasteiger partial charge in [0, 0.05) is 31.0 Å². The van der Waals surface area contributed by atoms with Gasteiger partial charge in [-0.3, -0.25) is 15.0 Å². The number of thioether (sulfide) groups is 1. The molecule has 1 rings (SSSR count). The third-order valence-electron chi connectivity index (χ3n) is 3.51. The van der Waals surface area contributed by atoms with Gasteiger partial charge in [-0.15, -0.1) is 0 Å². The normalized spacial score (nSPS) is 12.4. The molecule has 1 unspecified atom stereocenters. The van der Waals surface area contributed by atoms with Gasteiger partial charge in [-0.2, -0.15) is 11.8 Å². The highest BCUT2D eigenvalue weighted by atomic mass is 32.2. The highest BCUT2D eigenvalue weighted by molar-refractivity contribution is 7.98. The summed E-state index contributed by atoms with van der Waals surface area (Å²) in [6, 6.07) is 5.95. The van der Waals surface area contributed by atoms with E-state index in [1.54, 1.807) is 12.1 Å². The zero-order chi connectivity index (χ0) is 15.8. The van der Waals surface area contributed by atoms with Gasteiger partial charge in [-0.05, 0) is 38.3 Å². The predicted molar refractivity (Wildman–Crippen MR) is 91.2 cm³/mol. The van der Waals surface area contributed by atoms with Crippen molar-refractivity contribution < 1.29 is 4.92 Å². The van der Waals surface area contributed by atoms with Crippen molar-refractivity contribution in [3.8, 4) is 0 Å². The first-order chi connectivity index (χ1) is 10.0. The van der Waals surface area contributed by atoms with E-state index in [2.05, 4.69) is 30.4 Å². The Morgan fingerprint density at radius 2 is 2.14 bits per heavy atom. The average Bonchev–Trinajstić information content (AvgIpc) is 2.46. The molecule has 1 N–H and O–H groups in total. The minimum absolute atomic E-state index is 0.153. The van der Waals surface area contributed by atoms with Crippen LogP contribution in [0.1, 0.15) is 25.8 Å². The van der Waals surface area contributed by atoms with E-state index in [0.717, 1.165) is 24.3 Å². The number of hydrogen-bond acceptors (Lipinski definition) is 5. The molecule has 0 saturated carbocycles. The molecule has 0 fully saturated rings. The Morgan fingerprint density at radius 1 is 1.43 bits per heavy atom. The van der Waals surface area contributed by atoms with Crippen molar-refractivity contribution in [3.63, 3.8) is 0 Å². The number of nitro groups is 1. The van der Waals surface area contributed by atoms with Gasteiger partial charge in [0.1, 0.15) is 5.69 Å². The SMILES string of the molecule is CCNc1ccc(CN(C)C(CC)CSC)cc1[N+](=O)[O-]. The lowest BCUT2D eigenvalue weighted by Crippen LogP contribution is -2.32. The lowest BCUT2D eigenvalue weighted by Gasteiger charge is -2.26. The second-order valence-corrected chi connectivity index (χ2v) is 5.98. The molecule has 21 heavy (non-hydrogen) atoms. The fourth-order valence-electron chi connectivity index (χ4n) is 2.33. The number of nitro benzene ring substituents is 1. The van der Waals surface area contributed by atoms with Crippen LogP contribution in [0.2, 0.25) is 0 Å². The smallest absolute Gasteiger partial charge is 0.292 e. The van der Waals surface area contributed by atoms with Crippen molar-refractivity contribution in [3.05, 3.63) is 33.9 Å². The minimum Gasteiger partial charge on any atom is -0.380 e. The molecule has 0 amide bonds. The van der Waals surface area contributed by atoms with Gasteiger partial charge in [-0.1, -0.05) is 13.0 Å². The van der Waals surface area contributed by atoms with Crippen LogP contribution in [0.25, 0.3) is 0 Å². The van der Waals surface area contributed by atoms with Crippen LogP contribution in [-0.4, -0.2) is 41.5 Å². The van der Waals surface area contributed by atoms with Crippen molar-refractivity contribution >= 4 is 23.1 Å². The fraction of sp³-hybridized carbons (Fsp3) is 0.600. The van der Waals surface area contributed by atoms with E-state index in [4.69, 9.17) is 0 Å². The van der Waals surface area contributed by atoms with Gasteiger partial charge in [-0.25, -0.2) is 0 Å². The molecule has 1 aromatic rings. The van der Waals surface area contributed by atoms with Crippen LogP contribution in [0, 0.1) is 10.1 Å². The summed E-state index contributed by atoms with van der Waals surface area (Å²) in [5, 5.41) is 14.2. The number of nitrogens with one attached hydrogen (secondary N) is 1. The average molecular weight is 311 g/mol. The largest absolute Gasteiger partial charge is 0.380 e. The first-order valence-corrected chi connectivity index (χ1v) is 8.63. The maximum absolute atomic E-state index is 11.2. The van der Waals surface area contributed by atoms with Crippen LogP contribution in [0.5, 0.6) is 0 Å². The van der Waals surface area contributed by atoms with Crippen LogP contribution in [-0.2, 0) is 6.54 Å². The zero-order valence-corrected chi connectivity index (χ0v) is 14.1. The molecule has 6 heteroatoms. The van der Waals surface area contributed by atoms with E-state index >= 15 is 0 Å². The lowest BCUT2D eigenvalue weighted by molar-refractivity contribution is -0.384. The van der Waals surface area contributed by atoms with Gasteiger partial charge >= 0.3 is 0 Å². The van der Waals surface area contributed by atoms with Crippen molar-refractivity contribution in [2.24, 2.45) is 0 Å². The van der Waals surface area contributed by atoms with Crippen molar-refractivity contribution in [1.82, 2.24) is 4.90 Å². The van der Waals surface area contributed by atoms with E-state index in [-0.39, 0.29) is 10.6 Å². The number of anilines is 1. The number of hydrogen-bond donors (Lipinski definition) is 1. The van der Waals surface area contributed by atoms with E-state index in [1.807, 2.05) is 24.8 Å². The second-order valence-electron chi connectivity index (χ2n) is 5.07. The van der Waals surface area contributed by atoms with Crippen LogP contribution in [0.3, 0.4) is 0 Å². The minimum atomic E-state index is -0.319. The van der Waals surface area contributed by atoms with Gasteiger partial charge in [0.25, 0.3) is 5.69 Å². The first kappa shape index (κ1) is 17.8. The van der Waals surface area contributed by atoms with Crippen LogP contribution in [0.4, 0.5) is 11.4 Å². The van der Waals surface area contributed by atoms with Gasteiger partial charge in [0.15, 0.2) is 0 Å². The van der Waals surface area contributed by atoms with Crippen molar-refractivity contribution in [2.45, 2.75) is 32.9 Å². The molecule has 0 saturated heterocycles. The maximum Gasteiger partial charge on any atom is 0.292 e. The Morgan fingerprint density at radius 3 is 2.67 bits per heavy atom. The molecule has 118 valence electrons. The molecule has 0 aromatic heterocycles. The highest BCUT2D eigenvalue weighted by Crippen LogP contribution is 2.26. The molecule has 0 aliphatic heterocycles. The third-order valence-corrected chi connectivity index (χ3v) is 4.23. The summed E-state index contributed by atoms with van der Waals surface area (Å²) in [7, 11) is 2.08. The Kier molecular flexibility index (Phi) is 7.53. The summed E-state index contributed by atoms with van der Waals surface area (Å²) in [5.41, 5.74) is 1.72. The summed E-state index contributed by atoms with van der Waals surface area (Å²) in [6.07, 6.45) is 3.18. The van der Waals surface area contributed by atoms with E-state index in [9.17, 15) is 10.1 Å². The number of rotatable bonds is 9. The van der Waals surface area contributed by atoms with Gasteiger partial charge < -0.3 is 5.32 Å². The lowest BCUT2D eigenvalue weighted by atomic mass is 10.1. The summed E-state index contributed by atoms with van der Waals surface area (Å²) in [6.45, 7) is 5.51. The second kappa shape index (κ2) is 8.89. The molecule has 1 atom stereocenters. The quantitative estimate of drug-likeness (QED) is 0.558. The Hall–Kier alpha value is -1.27. The van der Waals surface area contributed by atoms with Crippen LogP contribution >= 0.6 is 11.8 Å². The zero-order valence-electron chi connectivity index (χ0n) is 13.3. The van der Waals surface area contributed by atoms with Gasteiger partial charge in [0.2, 0.25) is 0 Å². The Balaban J connectivity index is 2.88. The molecule has 0 radical (unpaired) electrons. The monoisotopic (exact) mass is 311 g/mol. The Bertz CT molecular complexity index is 468. The van der Waals surface area contributed by atoms with E-state index in [1.165, 1.54) is 0 Å².